The van der Waals surface area contributed by atoms with Crippen molar-refractivity contribution in [3.63, 3.8) is 0 Å². The van der Waals surface area contributed by atoms with Crippen LogP contribution >= 0.6 is 0 Å². The lowest BCUT2D eigenvalue weighted by Crippen LogP contribution is -2.34. The number of nitrogens with zero attached hydrogens (tertiary/aromatic N) is 4. The molecule has 224 valence electrons. The highest BCUT2D eigenvalue weighted by Crippen LogP contribution is 2.43. The Kier molecular flexibility index (Phi) is 6.10. The van der Waals surface area contributed by atoms with Gasteiger partial charge < -0.3 is 0 Å². The third-order valence-electron chi connectivity index (χ3n) is 9.85. The average molecular weight is 601 g/mol. The van der Waals surface area contributed by atoms with Gasteiger partial charge in [-0.15, -0.1) is 0 Å². The van der Waals surface area contributed by atoms with Crippen LogP contribution in [-0.2, 0) is 12.8 Å². The van der Waals surface area contributed by atoms with Crippen LogP contribution in [0.4, 0.5) is 0 Å². The Bertz CT molecular complexity index is 2090. The minimum Gasteiger partial charge on any atom is -0.268 e. The molecule has 46 heavy (non-hydrogen) atoms. The smallest absolute Gasteiger partial charge is 0.268 e. The molecule has 0 N–H and O–H groups in total. The summed E-state index contributed by atoms with van der Waals surface area (Å²) in [6.07, 6.45) is 9.79. The van der Waals surface area contributed by atoms with Gasteiger partial charge in [0.05, 0.1) is 35.6 Å². The molecule has 4 unspecified atom stereocenters. The van der Waals surface area contributed by atoms with Gasteiger partial charge in [0.15, 0.2) is 0 Å². The number of hydrogen-bond acceptors (Lipinski definition) is 2. The van der Waals surface area contributed by atoms with Gasteiger partial charge in [-0.1, -0.05) is 146 Å². The van der Waals surface area contributed by atoms with Gasteiger partial charge >= 0.3 is 0 Å². The van der Waals surface area contributed by atoms with Crippen molar-refractivity contribution >= 4 is 0 Å². The van der Waals surface area contributed by atoms with Gasteiger partial charge in [0, 0.05) is 11.1 Å². The van der Waals surface area contributed by atoms with Crippen molar-refractivity contribution in [1.82, 2.24) is 18.7 Å². The molecule has 0 saturated carbocycles. The molecule has 2 aromatic heterocycles. The largest absolute Gasteiger partial charge is 0.271 e. The molecule has 4 heterocycles. The van der Waals surface area contributed by atoms with E-state index in [1.807, 2.05) is 82.2 Å². The molecular formula is C40H32N4O2. The zero-order valence-electron chi connectivity index (χ0n) is 25.2. The first-order valence-electron chi connectivity index (χ1n) is 16.0. The zero-order valence-corrected chi connectivity index (χ0v) is 25.2. The molecule has 6 heteroatoms. The van der Waals surface area contributed by atoms with Crippen molar-refractivity contribution in [2.24, 2.45) is 0 Å². The fraction of sp³-hybridized carbons (Fsp3) is 0.150. The molecular weight excluding hydrogens is 568 g/mol. The molecule has 2 aliphatic heterocycles. The second-order valence-corrected chi connectivity index (χ2v) is 12.3. The second-order valence-electron chi connectivity index (χ2n) is 12.3. The van der Waals surface area contributed by atoms with E-state index in [4.69, 9.17) is 0 Å². The summed E-state index contributed by atoms with van der Waals surface area (Å²) in [6.45, 7) is 0. The molecule has 6 aromatic rings. The van der Waals surface area contributed by atoms with Crippen molar-refractivity contribution in [3.05, 3.63) is 200 Å². The molecule has 0 bridgehead atoms. The number of allylic oxidation sites excluding steroid dienone is 4. The SMILES string of the molecule is O=c1c2c(n3n1C(c1ccccc1)C=CC3c1ccccc1)-c1c(c(=O)n3n1C(c1ccccc1)C=CC3c1ccccc1)CC2. The summed E-state index contributed by atoms with van der Waals surface area (Å²) in [5, 5.41) is 0. The van der Waals surface area contributed by atoms with Gasteiger partial charge in [0.25, 0.3) is 11.1 Å². The Hall–Kier alpha value is -5.62. The fourth-order valence-electron chi connectivity index (χ4n) is 7.79. The molecule has 4 aromatic carbocycles. The van der Waals surface area contributed by atoms with Crippen LogP contribution in [-0.4, -0.2) is 18.7 Å². The normalized spacial score (nSPS) is 20.9. The number of benzene rings is 4. The summed E-state index contributed by atoms with van der Waals surface area (Å²) in [7, 11) is 0. The first-order valence-corrected chi connectivity index (χ1v) is 16.0. The van der Waals surface area contributed by atoms with Gasteiger partial charge in [-0.2, -0.15) is 0 Å². The maximum atomic E-state index is 14.6. The van der Waals surface area contributed by atoms with Gasteiger partial charge in [-0.05, 0) is 35.1 Å². The van der Waals surface area contributed by atoms with E-state index in [9.17, 15) is 9.59 Å². The molecule has 1 aliphatic carbocycles. The lowest BCUT2D eigenvalue weighted by molar-refractivity contribution is 0.401. The van der Waals surface area contributed by atoms with Crippen LogP contribution in [0.1, 0.15) is 57.5 Å². The Balaban J connectivity index is 1.37. The Labute approximate surface area is 266 Å². The van der Waals surface area contributed by atoms with Crippen molar-refractivity contribution < 1.29 is 0 Å². The lowest BCUT2D eigenvalue weighted by Gasteiger charge is -2.34. The highest BCUT2D eigenvalue weighted by molar-refractivity contribution is 5.68. The Morgan fingerprint density at radius 3 is 0.913 bits per heavy atom. The van der Waals surface area contributed by atoms with E-state index >= 15 is 0 Å². The van der Waals surface area contributed by atoms with Crippen molar-refractivity contribution in [1.29, 1.82) is 0 Å². The van der Waals surface area contributed by atoms with E-state index in [2.05, 4.69) is 82.2 Å². The van der Waals surface area contributed by atoms with Gasteiger partial charge in [-0.25, -0.2) is 9.36 Å². The highest BCUT2D eigenvalue weighted by Gasteiger charge is 2.41. The molecule has 0 radical (unpaired) electrons. The Morgan fingerprint density at radius 1 is 0.370 bits per heavy atom. The topological polar surface area (TPSA) is 53.9 Å². The van der Waals surface area contributed by atoms with E-state index in [1.165, 1.54) is 0 Å². The minimum atomic E-state index is -0.264. The van der Waals surface area contributed by atoms with Crippen LogP contribution in [0.3, 0.4) is 0 Å². The van der Waals surface area contributed by atoms with E-state index in [0.29, 0.717) is 12.8 Å². The first kappa shape index (κ1) is 26.8. The van der Waals surface area contributed by atoms with E-state index in [-0.39, 0.29) is 35.3 Å². The average Bonchev–Trinajstić information content (AvgIpc) is 3.60. The molecule has 6 nitrogen and oxygen atoms in total. The molecule has 9 rings (SSSR count). The van der Waals surface area contributed by atoms with Crippen LogP contribution < -0.4 is 11.1 Å². The predicted octanol–water partition coefficient (Wildman–Crippen LogP) is 6.88. The summed E-state index contributed by atoms with van der Waals surface area (Å²) < 4.78 is 8.25. The van der Waals surface area contributed by atoms with Crippen molar-refractivity contribution in [2.45, 2.75) is 37.0 Å². The molecule has 0 amide bonds. The number of hydrogen-bond donors (Lipinski definition) is 0. The molecule has 0 fully saturated rings. The van der Waals surface area contributed by atoms with Gasteiger partial charge in [-0.3, -0.25) is 19.0 Å². The number of aromatic nitrogens is 4. The molecule has 4 atom stereocenters. The maximum Gasteiger partial charge on any atom is 0.271 e. The summed E-state index contributed by atoms with van der Waals surface area (Å²) in [5.41, 5.74) is 7.55. The Morgan fingerprint density at radius 2 is 0.630 bits per heavy atom. The van der Waals surface area contributed by atoms with Gasteiger partial charge in [0.2, 0.25) is 0 Å². The summed E-state index contributed by atoms with van der Waals surface area (Å²) in [4.78, 5) is 29.3. The highest BCUT2D eigenvalue weighted by atomic mass is 16.1. The first-order chi connectivity index (χ1) is 22.7. The quantitative estimate of drug-likeness (QED) is 0.207. The van der Waals surface area contributed by atoms with E-state index < -0.39 is 0 Å². The van der Waals surface area contributed by atoms with Crippen LogP contribution in [0.5, 0.6) is 0 Å². The summed E-state index contributed by atoms with van der Waals surface area (Å²) in [6, 6.07) is 40.1. The summed E-state index contributed by atoms with van der Waals surface area (Å²) >= 11 is 0. The molecule has 3 aliphatic rings. The lowest BCUT2D eigenvalue weighted by atomic mass is 9.94. The van der Waals surface area contributed by atoms with Crippen LogP contribution in [0.25, 0.3) is 11.4 Å². The van der Waals surface area contributed by atoms with Crippen molar-refractivity contribution in [3.8, 4) is 11.4 Å². The van der Waals surface area contributed by atoms with Crippen LogP contribution in [0.2, 0.25) is 0 Å². The predicted molar refractivity (Wildman–Crippen MR) is 180 cm³/mol. The van der Waals surface area contributed by atoms with Crippen LogP contribution in [0, 0.1) is 0 Å². The standard InChI is InChI=1S/C40H32N4O2/c45-39-31-21-22-32-38(37(31)41-33(27-13-5-1-6-14-27)23-25-35(43(39)41)29-17-9-3-10-18-29)42-34(28-15-7-2-8-16-28)24-26-36(44(42)40(32)46)30-19-11-4-12-20-30/h1-20,23-26,33-36H,21-22H2. The fourth-order valence-corrected chi connectivity index (χ4v) is 7.79. The third kappa shape index (κ3) is 3.89. The number of fused-ring (bicyclic) bond motifs is 7. The minimum absolute atomic E-state index is 0.00926. The van der Waals surface area contributed by atoms with Gasteiger partial charge in [0.1, 0.15) is 0 Å². The third-order valence-corrected chi connectivity index (χ3v) is 9.85. The summed E-state index contributed by atoms with van der Waals surface area (Å²) in [5.74, 6) is 0. The van der Waals surface area contributed by atoms with E-state index in [1.54, 1.807) is 0 Å². The van der Waals surface area contributed by atoms with Crippen molar-refractivity contribution in [2.75, 3.05) is 0 Å². The second kappa shape index (κ2) is 10.5. The maximum absolute atomic E-state index is 14.6. The number of rotatable bonds is 4. The zero-order chi connectivity index (χ0) is 30.8. The molecule has 0 saturated heterocycles. The monoisotopic (exact) mass is 600 g/mol. The van der Waals surface area contributed by atoms with Crippen LogP contribution in [0.15, 0.2) is 155 Å². The molecule has 0 spiro atoms. The van der Waals surface area contributed by atoms with E-state index in [0.717, 1.165) is 44.8 Å².